The minimum atomic E-state index is 0.386. The molecule has 1 aromatic heterocycles. The van der Waals surface area contributed by atoms with E-state index in [4.69, 9.17) is 0 Å². The molecule has 0 amide bonds. The van der Waals surface area contributed by atoms with Crippen molar-refractivity contribution in [3.63, 3.8) is 0 Å². The Bertz CT molecular complexity index is 443. The minimum absolute atomic E-state index is 0.386. The van der Waals surface area contributed by atoms with Crippen LogP contribution in [0.1, 0.15) is 70.8 Å². The molecule has 1 aliphatic rings. The SMILES string of the molecule is Cc1nn(C(C)C)c(C)c1NC1CCCCC1(C)C. The number of aryl methyl sites for hydroxylation is 1. The van der Waals surface area contributed by atoms with E-state index in [-0.39, 0.29) is 0 Å². The molecule has 1 unspecified atom stereocenters. The van der Waals surface area contributed by atoms with Crippen LogP contribution in [0.3, 0.4) is 0 Å². The summed E-state index contributed by atoms with van der Waals surface area (Å²) in [7, 11) is 0. The van der Waals surface area contributed by atoms with Crippen molar-refractivity contribution in [2.75, 3.05) is 5.32 Å². The van der Waals surface area contributed by atoms with Crippen LogP contribution in [-0.4, -0.2) is 15.8 Å². The van der Waals surface area contributed by atoms with E-state index in [0.29, 0.717) is 17.5 Å². The molecule has 0 radical (unpaired) electrons. The number of hydrogen-bond donors (Lipinski definition) is 1. The van der Waals surface area contributed by atoms with Crippen LogP contribution in [0.5, 0.6) is 0 Å². The first-order valence-electron chi connectivity index (χ1n) is 7.65. The van der Waals surface area contributed by atoms with Crippen molar-refractivity contribution in [1.82, 2.24) is 9.78 Å². The number of nitrogens with one attached hydrogen (secondary N) is 1. The lowest BCUT2D eigenvalue weighted by Crippen LogP contribution is -2.39. The Morgan fingerprint density at radius 3 is 2.47 bits per heavy atom. The molecule has 1 N–H and O–H groups in total. The molecule has 1 heterocycles. The number of aromatic nitrogens is 2. The van der Waals surface area contributed by atoms with Crippen molar-refractivity contribution in [3.05, 3.63) is 11.4 Å². The van der Waals surface area contributed by atoms with Crippen LogP contribution in [0.4, 0.5) is 5.69 Å². The summed E-state index contributed by atoms with van der Waals surface area (Å²) in [6, 6.07) is 0.997. The molecule has 0 aliphatic heterocycles. The van der Waals surface area contributed by atoms with Gasteiger partial charge in [0, 0.05) is 12.1 Å². The van der Waals surface area contributed by atoms with Gasteiger partial charge in [-0.2, -0.15) is 5.10 Å². The maximum Gasteiger partial charge on any atom is 0.0828 e. The maximum absolute atomic E-state index is 4.68. The summed E-state index contributed by atoms with van der Waals surface area (Å²) in [5.74, 6) is 0. The van der Waals surface area contributed by atoms with Crippen LogP contribution in [0.15, 0.2) is 0 Å². The number of nitrogens with zero attached hydrogens (tertiary/aromatic N) is 2. The van der Waals surface area contributed by atoms with Crippen molar-refractivity contribution < 1.29 is 0 Å². The largest absolute Gasteiger partial charge is 0.379 e. The molecule has 3 nitrogen and oxygen atoms in total. The summed E-state index contributed by atoms with van der Waals surface area (Å²) in [6.45, 7) is 13.5. The van der Waals surface area contributed by atoms with Gasteiger partial charge in [0.15, 0.2) is 0 Å². The summed E-state index contributed by atoms with van der Waals surface area (Å²) >= 11 is 0. The zero-order valence-electron chi connectivity index (χ0n) is 13.4. The smallest absolute Gasteiger partial charge is 0.0828 e. The van der Waals surface area contributed by atoms with E-state index in [2.05, 4.69) is 56.6 Å². The number of hydrogen-bond acceptors (Lipinski definition) is 2. The van der Waals surface area contributed by atoms with Gasteiger partial charge in [0.1, 0.15) is 0 Å². The lowest BCUT2D eigenvalue weighted by Gasteiger charge is -2.39. The number of anilines is 1. The average Bonchev–Trinajstić information content (AvgIpc) is 2.59. The van der Waals surface area contributed by atoms with Gasteiger partial charge in [0.05, 0.1) is 17.1 Å². The van der Waals surface area contributed by atoms with Gasteiger partial charge in [-0.15, -0.1) is 0 Å². The van der Waals surface area contributed by atoms with Gasteiger partial charge < -0.3 is 5.32 Å². The third-order valence-electron chi connectivity index (χ3n) is 4.64. The van der Waals surface area contributed by atoms with Crippen LogP contribution in [-0.2, 0) is 0 Å². The molecule has 19 heavy (non-hydrogen) atoms. The van der Waals surface area contributed by atoms with Crippen LogP contribution in [0, 0.1) is 19.3 Å². The van der Waals surface area contributed by atoms with Gasteiger partial charge in [0.25, 0.3) is 0 Å². The topological polar surface area (TPSA) is 29.9 Å². The molecule has 0 spiro atoms. The Morgan fingerprint density at radius 2 is 1.95 bits per heavy atom. The second-order valence-electron chi connectivity index (χ2n) is 7.02. The van der Waals surface area contributed by atoms with Gasteiger partial charge >= 0.3 is 0 Å². The predicted octanol–water partition coefficient (Wildman–Crippen LogP) is 4.46. The fourth-order valence-electron chi connectivity index (χ4n) is 3.31. The first-order valence-corrected chi connectivity index (χ1v) is 7.65. The fraction of sp³-hybridized carbons (Fsp3) is 0.812. The lowest BCUT2D eigenvalue weighted by atomic mass is 9.73. The first-order chi connectivity index (χ1) is 8.83. The molecule has 2 rings (SSSR count). The Balaban J connectivity index is 2.23. The lowest BCUT2D eigenvalue weighted by molar-refractivity contribution is 0.217. The quantitative estimate of drug-likeness (QED) is 0.872. The maximum atomic E-state index is 4.68. The van der Waals surface area contributed by atoms with E-state index in [1.54, 1.807) is 0 Å². The molecule has 1 aliphatic carbocycles. The Kier molecular flexibility index (Phi) is 3.93. The molecule has 1 saturated carbocycles. The standard InChI is InChI=1S/C16H29N3/c1-11(2)19-13(4)15(12(3)18-19)17-14-9-7-8-10-16(14,5)6/h11,14,17H,7-10H2,1-6H3. The van der Waals surface area contributed by atoms with Crippen LogP contribution >= 0.6 is 0 Å². The summed E-state index contributed by atoms with van der Waals surface area (Å²) in [4.78, 5) is 0. The molecule has 0 bridgehead atoms. The first kappa shape index (κ1) is 14.4. The summed E-state index contributed by atoms with van der Waals surface area (Å²) in [5.41, 5.74) is 4.05. The highest BCUT2D eigenvalue weighted by Crippen LogP contribution is 2.38. The Hall–Kier alpha value is -0.990. The molecule has 1 aromatic rings. The molecular formula is C16H29N3. The highest BCUT2D eigenvalue weighted by Gasteiger charge is 2.33. The normalized spacial score (nSPS) is 22.8. The van der Waals surface area contributed by atoms with Crippen LogP contribution in [0.2, 0.25) is 0 Å². The average molecular weight is 263 g/mol. The highest BCUT2D eigenvalue weighted by molar-refractivity contribution is 5.53. The summed E-state index contributed by atoms with van der Waals surface area (Å²) in [5, 5.41) is 8.48. The van der Waals surface area contributed by atoms with Crippen molar-refractivity contribution in [3.8, 4) is 0 Å². The van der Waals surface area contributed by atoms with Crippen LogP contribution < -0.4 is 5.32 Å². The molecule has 0 aromatic carbocycles. The van der Waals surface area contributed by atoms with E-state index in [1.165, 1.54) is 37.1 Å². The van der Waals surface area contributed by atoms with Gasteiger partial charge in [-0.05, 0) is 46.0 Å². The monoisotopic (exact) mass is 263 g/mol. The third-order valence-corrected chi connectivity index (χ3v) is 4.64. The summed E-state index contributed by atoms with van der Waals surface area (Å²) < 4.78 is 2.13. The van der Waals surface area contributed by atoms with Crippen LogP contribution in [0.25, 0.3) is 0 Å². The molecular weight excluding hydrogens is 234 g/mol. The highest BCUT2D eigenvalue weighted by atomic mass is 15.3. The van der Waals surface area contributed by atoms with E-state index in [1.807, 2.05) is 0 Å². The van der Waals surface area contributed by atoms with Crippen molar-refractivity contribution in [1.29, 1.82) is 0 Å². The third kappa shape index (κ3) is 2.80. The molecule has 108 valence electrons. The van der Waals surface area contributed by atoms with E-state index in [9.17, 15) is 0 Å². The molecule has 3 heteroatoms. The van der Waals surface area contributed by atoms with E-state index < -0.39 is 0 Å². The zero-order valence-corrected chi connectivity index (χ0v) is 13.4. The molecule has 0 saturated heterocycles. The molecule has 1 atom stereocenters. The Labute approximate surface area is 117 Å². The van der Waals surface area contributed by atoms with Gasteiger partial charge in [0.2, 0.25) is 0 Å². The van der Waals surface area contributed by atoms with Crippen molar-refractivity contribution >= 4 is 5.69 Å². The molecule has 1 fully saturated rings. The minimum Gasteiger partial charge on any atom is -0.379 e. The van der Waals surface area contributed by atoms with Crippen molar-refractivity contribution in [2.24, 2.45) is 5.41 Å². The second kappa shape index (κ2) is 5.18. The van der Waals surface area contributed by atoms with E-state index in [0.717, 1.165) is 5.69 Å². The summed E-state index contributed by atoms with van der Waals surface area (Å²) in [6.07, 6.45) is 5.31. The zero-order chi connectivity index (χ0) is 14.2. The van der Waals surface area contributed by atoms with Crippen molar-refractivity contribution in [2.45, 2.75) is 79.3 Å². The number of rotatable bonds is 3. The van der Waals surface area contributed by atoms with Gasteiger partial charge in [-0.3, -0.25) is 4.68 Å². The second-order valence-corrected chi connectivity index (χ2v) is 7.02. The van der Waals surface area contributed by atoms with Gasteiger partial charge in [-0.1, -0.05) is 26.7 Å². The van der Waals surface area contributed by atoms with Gasteiger partial charge in [-0.25, -0.2) is 0 Å². The van der Waals surface area contributed by atoms with E-state index >= 15 is 0 Å². The predicted molar refractivity (Wildman–Crippen MR) is 81.7 cm³/mol. The fourth-order valence-corrected chi connectivity index (χ4v) is 3.31. The Morgan fingerprint density at radius 1 is 1.26 bits per heavy atom.